The van der Waals surface area contributed by atoms with E-state index in [1.807, 2.05) is 6.07 Å². The maximum atomic E-state index is 12.5. The second-order valence-electron chi connectivity index (χ2n) is 6.80. The van der Waals surface area contributed by atoms with Gasteiger partial charge in [-0.25, -0.2) is 0 Å². The van der Waals surface area contributed by atoms with Gasteiger partial charge in [-0.3, -0.25) is 9.59 Å². The Morgan fingerprint density at radius 1 is 0.875 bits per heavy atom. The molecule has 3 aromatic rings. The number of amides is 2. The Bertz CT molecular complexity index is 1170. The average Bonchev–Trinajstić information content (AvgIpc) is 2.78. The van der Waals surface area contributed by atoms with Crippen LogP contribution in [0.25, 0.3) is 0 Å². The lowest BCUT2D eigenvalue weighted by molar-refractivity contribution is -0.113. The normalized spacial score (nSPS) is 12.2. The molecule has 164 valence electrons. The molecule has 6 nitrogen and oxygen atoms in total. The lowest BCUT2D eigenvalue weighted by Gasteiger charge is -2.19. The summed E-state index contributed by atoms with van der Waals surface area (Å²) in [4.78, 5) is 25.7. The highest BCUT2D eigenvalue weighted by atomic mass is 35.5. The van der Waals surface area contributed by atoms with Crippen molar-refractivity contribution in [1.82, 2.24) is 0 Å². The minimum atomic E-state index is -0.342. The third kappa shape index (κ3) is 5.68. The summed E-state index contributed by atoms with van der Waals surface area (Å²) < 4.78 is 11.0. The molecular formula is C23H18Cl2N2O4S. The fourth-order valence-corrected chi connectivity index (χ4v) is 4.25. The molecule has 0 atom stereocenters. The molecule has 1 heterocycles. The molecule has 2 N–H and O–H groups in total. The first-order chi connectivity index (χ1) is 15.5. The maximum Gasteiger partial charge on any atom is 0.257 e. The summed E-state index contributed by atoms with van der Waals surface area (Å²) in [6.07, 6.45) is 0. The van der Waals surface area contributed by atoms with Crippen LogP contribution in [0, 0.1) is 0 Å². The molecular weight excluding hydrogens is 471 g/mol. The molecule has 4 rings (SSSR count). The molecule has 9 heteroatoms. The molecule has 32 heavy (non-hydrogen) atoms. The van der Waals surface area contributed by atoms with Crippen molar-refractivity contribution in [3.63, 3.8) is 0 Å². The van der Waals surface area contributed by atoms with Crippen LogP contribution in [0.5, 0.6) is 11.5 Å². The highest BCUT2D eigenvalue weighted by Crippen LogP contribution is 2.32. The quantitative estimate of drug-likeness (QED) is 0.432. The van der Waals surface area contributed by atoms with E-state index in [1.165, 1.54) is 17.8 Å². The Morgan fingerprint density at radius 3 is 2.47 bits per heavy atom. The summed E-state index contributed by atoms with van der Waals surface area (Å²) in [6.45, 7) is 0.999. The summed E-state index contributed by atoms with van der Waals surface area (Å²) in [5.41, 5.74) is 1.56. The molecule has 0 saturated carbocycles. The maximum absolute atomic E-state index is 12.5. The molecule has 0 radical (unpaired) electrons. The predicted molar refractivity (Wildman–Crippen MR) is 128 cm³/mol. The van der Waals surface area contributed by atoms with Gasteiger partial charge in [0.15, 0.2) is 11.5 Å². The van der Waals surface area contributed by atoms with Gasteiger partial charge in [-0.2, -0.15) is 0 Å². The third-order valence-corrected chi connectivity index (χ3v) is 6.01. The minimum absolute atomic E-state index is 0.158. The molecule has 0 spiro atoms. The molecule has 2 amide bonds. The summed E-state index contributed by atoms with van der Waals surface area (Å²) in [6, 6.07) is 17.2. The van der Waals surface area contributed by atoms with E-state index in [4.69, 9.17) is 32.7 Å². The molecule has 3 aromatic carbocycles. The van der Waals surface area contributed by atoms with E-state index in [-0.39, 0.29) is 22.6 Å². The minimum Gasteiger partial charge on any atom is -0.486 e. The van der Waals surface area contributed by atoms with Gasteiger partial charge in [-0.1, -0.05) is 29.3 Å². The largest absolute Gasteiger partial charge is 0.486 e. The Kier molecular flexibility index (Phi) is 7.09. The first-order valence-corrected chi connectivity index (χ1v) is 11.4. The molecule has 1 aliphatic rings. The summed E-state index contributed by atoms with van der Waals surface area (Å²) >= 11 is 13.3. The molecule has 0 unspecified atom stereocenters. The van der Waals surface area contributed by atoms with Crippen LogP contribution >= 0.6 is 35.0 Å². The zero-order valence-electron chi connectivity index (χ0n) is 16.7. The SMILES string of the molecule is O=C(CSc1cccc(NC(=O)c2ccc(Cl)cc2Cl)c1)Nc1ccc2c(c1)OCCO2. The van der Waals surface area contributed by atoms with Gasteiger partial charge in [-0.15, -0.1) is 11.8 Å². The van der Waals surface area contributed by atoms with E-state index in [1.54, 1.807) is 48.5 Å². The van der Waals surface area contributed by atoms with Crippen molar-refractivity contribution in [1.29, 1.82) is 0 Å². The van der Waals surface area contributed by atoms with Crippen molar-refractivity contribution in [2.45, 2.75) is 4.90 Å². The van der Waals surface area contributed by atoms with Crippen molar-refractivity contribution in [2.24, 2.45) is 0 Å². The number of hydrogen-bond donors (Lipinski definition) is 2. The van der Waals surface area contributed by atoms with Crippen LogP contribution in [0.1, 0.15) is 10.4 Å². The highest BCUT2D eigenvalue weighted by Gasteiger charge is 2.14. The number of nitrogens with one attached hydrogen (secondary N) is 2. The summed E-state index contributed by atoms with van der Waals surface area (Å²) in [7, 11) is 0. The first kappa shape index (κ1) is 22.3. The molecule has 0 aliphatic carbocycles. The second kappa shape index (κ2) is 10.2. The number of fused-ring (bicyclic) bond motifs is 1. The molecule has 0 aromatic heterocycles. The Labute approximate surface area is 199 Å². The number of thioether (sulfide) groups is 1. The second-order valence-corrected chi connectivity index (χ2v) is 8.69. The van der Waals surface area contributed by atoms with Crippen LogP contribution in [-0.4, -0.2) is 30.8 Å². The van der Waals surface area contributed by atoms with Gasteiger partial charge in [-0.05, 0) is 48.5 Å². The third-order valence-electron chi connectivity index (χ3n) is 4.46. The number of halogens is 2. The van der Waals surface area contributed by atoms with Gasteiger partial charge in [0.2, 0.25) is 5.91 Å². The van der Waals surface area contributed by atoms with E-state index in [9.17, 15) is 9.59 Å². The molecule has 0 bridgehead atoms. The number of carbonyl (C=O) groups is 2. The van der Waals surface area contributed by atoms with Crippen LogP contribution in [0.15, 0.2) is 65.6 Å². The smallest absolute Gasteiger partial charge is 0.257 e. The monoisotopic (exact) mass is 488 g/mol. The van der Waals surface area contributed by atoms with E-state index >= 15 is 0 Å². The van der Waals surface area contributed by atoms with E-state index in [0.717, 1.165) is 4.90 Å². The van der Waals surface area contributed by atoms with E-state index in [2.05, 4.69) is 10.6 Å². The van der Waals surface area contributed by atoms with Crippen molar-refractivity contribution < 1.29 is 19.1 Å². The van der Waals surface area contributed by atoms with Crippen molar-refractivity contribution in [3.8, 4) is 11.5 Å². The highest BCUT2D eigenvalue weighted by molar-refractivity contribution is 8.00. The fraction of sp³-hybridized carbons (Fsp3) is 0.130. The van der Waals surface area contributed by atoms with Crippen molar-refractivity contribution >= 4 is 58.2 Å². The number of hydrogen-bond acceptors (Lipinski definition) is 5. The first-order valence-electron chi connectivity index (χ1n) is 9.67. The average molecular weight is 489 g/mol. The van der Waals surface area contributed by atoms with E-state index < -0.39 is 0 Å². The standard InChI is InChI=1S/C23H18Cl2N2O4S/c24-14-4-6-18(19(25)10-14)23(29)27-15-2-1-3-17(11-15)32-13-22(28)26-16-5-7-20-21(12-16)31-9-8-30-20/h1-7,10-12H,8-9,13H2,(H,26,28)(H,27,29). The van der Waals surface area contributed by atoms with E-state index in [0.29, 0.717) is 46.7 Å². The number of anilines is 2. The zero-order valence-corrected chi connectivity index (χ0v) is 19.0. The van der Waals surface area contributed by atoms with Crippen molar-refractivity contribution in [2.75, 3.05) is 29.6 Å². The lowest BCUT2D eigenvalue weighted by Crippen LogP contribution is -2.17. The number of ether oxygens (including phenoxy) is 2. The molecule has 0 fully saturated rings. The lowest BCUT2D eigenvalue weighted by atomic mass is 10.2. The Hall–Kier alpha value is -2.87. The number of carbonyl (C=O) groups excluding carboxylic acids is 2. The zero-order chi connectivity index (χ0) is 22.5. The van der Waals surface area contributed by atoms with Crippen LogP contribution in [0.2, 0.25) is 10.0 Å². The van der Waals surface area contributed by atoms with Gasteiger partial charge in [0.1, 0.15) is 13.2 Å². The van der Waals surface area contributed by atoms with Gasteiger partial charge in [0.25, 0.3) is 5.91 Å². The van der Waals surface area contributed by atoms with Gasteiger partial charge in [0, 0.05) is 27.4 Å². The summed E-state index contributed by atoms with van der Waals surface area (Å²) in [5.74, 6) is 0.988. The number of benzene rings is 3. The van der Waals surface area contributed by atoms with Crippen molar-refractivity contribution in [3.05, 3.63) is 76.3 Å². The van der Waals surface area contributed by atoms with Crippen LogP contribution < -0.4 is 20.1 Å². The Balaban J connectivity index is 1.33. The fourth-order valence-electron chi connectivity index (χ4n) is 3.00. The van der Waals surface area contributed by atoms with Gasteiger partial charge >= 0.3 is 0 Å². The molecule has 0 saturated heterocycles. The van der Waals surface area contributed by atoms with Gasteiger partial charge in [0.05, 0.1) is 16.3 Å². The van der Waals surface area contributed by atoms with Crippen LogP contribution in [0.4, 0.5) is 11.4 Å². The topological polar surface area (TPSA) is 76.7 Å². The Morgan fingerprint density at radius 2 is 1.66 bits per heavy atom. The summed E-state index contributed by atoms with van der Waals surface area (Å²) in [5, 5.41) is 6.39. The predicted octanol–water partition coefficient (Wildman–Crippen LogP) is 5.75. The number of rotatable bonds is 6. The van der Waals surface area contributed by atoms with Gasteiger partial charge < -0.3 is 20.1 Å². The van der Waals surface area contributed by atoms with Crippen LogP contribution in [0.3, 0.4) is 0 Å². The molecule has 1 aliphatic heterocycles. The van der Waals surface area contributed by atoms with Crippen LogP contribution in [-0.2, 0) is 4.79 Å².